The third-order valence-electron chi connectivity index (χ3n) is 5.05. The highest BCUT2D eigenvalue weighted by Crippen LogP contribution is 2.30. The molecule has 1 aliphatic heterocycles. The maximum Gasteiger partial charge on any atom is 0.139 e. The Labute approximate surface area is 142 Å². The van der Waals surface area contributed by atoms with E-state index in [1.165, 1.54) is 25.7 Å². The van der Waals surface area contributed by atoms with Gasteiger partial charge in [-0.05, 0) is 51.9 Å². The number of hydrogen-bond acceptors (Lipinski definition) is 2. The number of alkyl halides is 1. The first kappa shape index (κ1) is 18.7. The van der Waals surface area contributed by atoms with E-state index in [0.29, 0.717) is 13.2 Å². The van der Waals surface area contributed by atoms with Gasteiger partial charge in [-0.15, -0.1) is 0 Å². The molecule has 0 aromatic heterocycles. The number of nitrogens with zero attached hydrogens (tertiary/aromatic N) is 1. The van der Waals surface area contributed by atoms with E-state index in [1.54, 1.807) is 0 Å². The van der Waals surface area contributed by atoms with Gasteiger partial charge in [0, 0.05) is 25.0 Å². The molecule has 3 heteroatoms. The first-order valence-electron chi connectivity index (χ1n) is 9.31. The molecular formula is C20H34FNO. The Morgan fingerprint density at radius 2 is 1.83 bits per heavy atom. The van der Waals surface area contributed by atoms with E-state index in [9.17, 15) is 4.39 Å². The van der Waals surface area contributed by atoms with E-state index in [0.717, 1.165) is 31.3 Å². The fourth-order valence-corrected chi connectivity index (χ4v) is 3.63. The van der Waals surface area contributed by atoms with Gasteiger partial charge in [-0.25, -0.2) is 4.39 Å². The Morgan fingerprint density at radius 3 is 2.43 bits per heavy atom. The van der Waals surface area contributed by atoms with Crippen molar-refractivity contribution in [3.05, 3.63) is 0 Å². The summed E-state index contributed by atoms with van der Waals surface area (Å²) in [5.74, 6) is 7.81. The average Bonchev–Trinajstić information content (AvgIpc) is 2.47. The summed E-state index contributed by atoms with van der Waals surface area (Å²) in [4.78, 5) is 2.31. The predicted molar refractivity (Wildman–Crippen MR) is 94.0 cm³/mol. The summed E-state index contributed by atoms with van der Waals surface area (Å²) < 4.78 is 20.0. The summed E-state index contributed by atoms with van der Waals surface area (Å²) in [7, 11) is 0. The molecule has 2 fully saturated rings. The van der Waals surface area contributed by atoms with Gasteiger partial charge in [0.05, 0.1) is 6.10 Å². The van der Waals surface area contributed by atoms with Crippen LogP contribution in [0.25, 0.3) is 0 Å². The van der Waals surface area contributed by atoms with Crippen molar-refractivity contribution in [2.75, 3.05) is 26.2 Å². The summed E-state index contributed by atoms with van der Waals surface area (Å²) >= 11 is 0. The first-order chi connectivity index (χ1) is 10.8. The second kappa shape index (κ2) is 8.49. The first-order valence-corrected chi connectivity index (χ1v) is 9.31. The zero-order valence-electron chi connectivity index (χ0n) is 15.4. The van der Waals surface area contributed by atoms with Crippen molar-refractivity contribution in [1.29, 1.82) is 0 Å². The molecule has 2 aliphatic rings. The Morgan fingerprint density at radius 1 is 1.13 bits per heavy atom. The normalized spacial score (nSPS) is 33.1. The number of hydrogen-bond donors (Lipinski definition) is 0. The third kappa shape index (κ3) is 6.81. The van der Waals surface area contributed by atoms with Crippen molar-refractivity contribution in [3.8, 4) is 11.8 Å². The molecule has 2 atom stereocenters. The number of halogens is 1. The molecule has 2 nitrogen and oxygen atoms in total. The van der Waals surface area contributed by atoms with E-state index >= 15 is 0 Å². The quantitative estimate of drug-likeness (QED) is 0.716. The van der Waals surface area contributed by atoms with Gasteiger partial charge < -0.3 is 4.74 Å². The third-order valence-corrected chi connectivity index (χ3v) is 5.05. The van der Waals surface area contributed by atoms with E-state index in [1.807, 2.05) is 0 Å². The van der Waals surface area contributed by atoms with Crippen LogP contribution in [0.2, 0.25) is 0 Å². The van der Waals surface area contributed by atoms with Crippen LogP contribution in [-0.2, 0) is 4.74 Å². The second-order valence-corrected chi connectivity index (χ2v) is 8.59. The second-order valence-electron chi connectivity index (χ2n) is 8.59. The molecule has 0 aromatic carbocycles. The van der Waals surface area contributed by atoms with E-state index in [4.69, 9.17) is 4.74 Å². The smallest absolute Gasteiger partial charge is 0.139 e. The number of piperidine rings is 1. The highest BCUT2D eigenvalue weighted by molar-refractivity contribution is 5.07. The lowest BCUT2D eigenvalue weighted by atomic mass is 9.82. The van der Waals surface area contributed by atoms with E-state index < -0.39 is 6.17 Å². The number of ether oxygens (including phenoxy) is 1. The van der Waals surface area contributed by atoms with Gasteiger partial charge in [-0.3, -0.25) is 4.90 Å². The predicted octanol–water partition coefficient (Wildman–Crippen LogP) is 4.29. The average molecular weight is 323 g/mol. The van der Waals surface area contributed by atoms with Crippen molar-refractivity contribution >= 4 is 0 Å². The van der Waals surface area contributed by atoms with Crippen LogP contribution in [0.3, 0.4) is 0 Å². The Balaban J connectivity index is 1.69. The maximum absolute atomic E-state index is 14.4. The van der Waals surface area contributed by atoms with Crippen LogP contribution in [0.15, 0.2) is 0 Å². The summed E-state index contributed by atoms with van der Waals surface area (Å²) in [6.45, 7) is 11.5. The van der Waals surface area contributed by atoms with Crippen LogP contribution >= 0.6 is 0 Å². The molecule has 1 saturated heterocycles. The van der Waals surface area contributed by atoms with Crippen LogP contribution in [-0.4, -0.2) is 43.4 Å². The maximum atomic E-state index is 14.4. The van der Waals surface area contributed by atoms with Crippen molar-refractivity contribution < 1.29 is 9.13 Å². The lowest BCUT2D eigenvalue weighted by molar-refractivity contribution is -0.0380. The lowest BCUT2D eigenvalue weighted by Gasteiger charge is -2.37. The van der Waals surface area contributed by atoms with Crippen molar-refractivity contribution in [3.63, 3.8) is 0 Å². The molecule has 1 aliphatic carbocycles. The minimum absolute atomic E-state index is 0.0145. The van der Waals surface area contributed by atoms with E-state index in [2.05, 4.69) is 44.4 Å². The SMILES string of the molecule is CC1CCC(CN2CC[C@@H](OCC#CC(C)(C)C)[C@@H](F)C2)CC1. The molecular weight excluding hydrogens is 289 g/mol. The zero-order chi connectivity index (χ0) is 16.9. The summed E-state index contributed by atoms with van der Waals surface area (Å²) in [5, 5.41) is 0. The Bertz CT molecular complexity index is 412. The number of likely N-dealkylation sites (tertiary alicyclic amines) is 1. The molecule has 1 heterocycles. The van der Waals surface area contributed by atoms with Gasteiger partial charge in [-0.2, -0.15) is 0 Å². The fourth-order valence-electron chi connectivity index (χ4n) is 3.63. The standard InChI is InChI=1S/C20H34FNO/c1-16-6-8-17(9-7-16)14-22-12-10-19(18(21)15-22)23-13-5-11-20(2,3)4/h16-19H,6-10,12-15H2,1-4H3/t16?,17?,18-,19+/m0/s1. The van der Waals surface area contributed by atoms with Crippen LogP contribution in [0, 0.1) is 29.1 Å². The minimum Gasteiger partial charge on any atom is -0.362 e. The van der Waals surface area contributed by atoms with Gasteiger partial charge in [0.15, 0.2) is 0 Å². The topological polar surface area (TPSA) is 12.5 Å². The fraction of sp³-hybridized carbons (Fsp3) is 0.900. The summed E-state index contributed by atoms with van der Waals surface area (Å²) in [6.07, 6.45) is 4.97. The minimum atomic E-state index is -0.872. The monoisotopic (exact) mass is 323 g/mol. The molecule has 0 amide bonds. The van der Waals surface area contributed by atoms with Crippen molar-refractivity contribution in [1.82, 2.24) is 4.90 Å². The van der Waals surface area contributed by atoms with Crippen LogP contribution < -0.4 is 0 Å². The largest absolute Gasteiger partial charge is 0.362 e. The molecule has 132 valence electrons. The molecule has 0 aromatic rings. The summed E-state index contributed by atoms with van der Waals surface area (Å²) in [6, 6.07) is 0. The molecule has 23 heavy (non-hydrogen) atoms. The highest BCUT2D eigenvalue weighted by atomic mass is 19.1. The van der Waals surface area contributed by atoms with Crippen molar-refractivity contribution in [2.45, 2.75) is 72.1 Å². The highest BCUT2D eigenvalue weighted by Gasteiger charge is 2.31. The Kier molecular flexibility index (Phi) is 6.92. The van der Waals surface area contributed by atoms with Gasteiger partial charge in [0.2, 0.25) is 0 Å². The molecule has 0 unspecified atom stereocenters. The Hall–Kier alpha value is -0.590. The molecule has 0 N–H and O–H groups in total. The summed E-state index contributed by atoms with van der Waals surface area (Å²) in [5.41, 5.74) is -0.0145. The van der Waals surface area contributed by atoms with Crippen LogP contribution in [0.1, 0.15) is 59.8 Å². The van der Waals surface area contributed by atoms with Gasteiger partial charge in [0.25, 0.3) is 0 Å². The van der Waals surface area contributed by atoms with Crippen LogP contribution in [0.5, 0.6) is 0 Å². The van der Waals surface area contributed by atoms with Gasteiger partial charge >= 0.3 is 0 Å². The van der Waals surface area contributed by atoms with Gasteiger partial charge in [0.1, 0.15) is 12.8 Å². The molecule has 0 bridgehead atoms. The van der Waals surface area contributed by atoms with E-state index in [-0.39, 0.29) is 11.5 Å². The molecule has 0 radical (unpaired) electrons. The molecule has 2 rings (SSSR count). The number of rotatable bonds is 4. The van der Waals surface area contributed by atoms with Crippen molar-refractivity contribution in [2.24, 2.45) is 17.3 Å². The molecule has 1 saturated carbocycles. The molecule has 0 spiro atoms. The van der Waals surface area contributed by atoms with Gasteiger partial charge in [-0.1, -0.05) is 31.6 Å². The zero-order valence-corrected chi connectivity index (χ0v) is 15.4. The van der Waals surface area contributed by atoms with Crippen LogP contribution in [0.4, 0.5) is 4.39 Å². The lowest BCUT2D eigenvalue weighted by Crippen LogP contribution is -2.47.